The van der Waals surface area contributed by atoms with Crippen molar-refractivity contribution in [3.05, 3.63) is 76.5 Å². The fourth-order valence-corrected chi connectivity index (χ4v) is 7.21. The number of nitrogens with zero attached hydrogens (tertiary/aromatic N) is 1. The number of halogens is 4. The van der Waals surface area contributed by atoms with Crippen molar-refractivity contribution in [3.63, 3.8) is 0 Å². The van der Waals surface area contributed by atoms with Crippen molar-refractivity contribution in [2.24, 2.45) is 17.8 Å². The second-order valence-electron chi connectivity index (χ2n) is 11.4. The number of carbonyl (C=O) groups is 3. The van der Waals surface area contributed by atoms with Crippen LogP contribution in [0.5, 0.6) is 5.75 Å². The predicted octanol–water partition coefficient (Wildman–Crippen LogP) is 4.21. The summed E-state index contributed by atoms with van der Waals surface area (Å²) in [6.07, 6.45) is 2.98. The van der Waals surface area contributed by atoms with Gasteiger partial charge in [-0.15, -0.1) is 0 Å². The summed E-state index contributed by atoms with van der Waals surface area (Å²) in [5, 5.41) is 14.2. The Bertz CT molecular complexity index is 1910. The topological polar surface area (TPSA) is 161 Å². The number of pyridine rings is 1. The number of methoxy groups -OCH3 is 1. The number of carbonyl (C=O) groups excluding carboxylic acids is 2. The normalized spacial score (nSPS) is 20.5. The molecule has 1 aromatic heterocycles. The minimum atomic E-state index is -5.65. The van der Waals surface area contributed by atoms with Gasteiger partial charge in [0.1, 0.15) is 11.6 Å². The van der Waals surface area contributed by atoms with Gasteiger partial charge in [-0.3, -0.25) is 19.2 Å². The number of ether oxygens (including phenoxy) is 1. The largest absolute Gasteiger partial charge is 0.501 e. The molecule has 2 aliphatic rings. The van der Waals surface area contributed by atoms with Gasteiger partial charge < -0.3 is 25.0 Å². The van der Waals surface area contributed by atoms with E-state index in [9.17, 15) is 40.8 Å². The summed E-state index contributed by atoms with van der Waals surface area (Å²) in [4.78, 5) is 49.5. The number of anilines is 1. The fourth-order valence-electron chi connectivity index (χ4n) is 6.40. The molecule has 4 atom stereocenters. The lowest BCUT2D eigenvalue weighted by Crippen LogP contribution is -2.48. The lowest BCUT2D eigenvalue weighted by atomic mass is 9.83. The molecule has 2 aliphatic carbocycles. The maximum Gasteiger partial charge on any atom is 0.501 e. The quantitative estimate of drug-likeness (QED) is 0.269. The average Bonchev–Trinajstić information content (AvgIpc) is 3.62. The number of carboxylic acid groups (broad SMARTS) is 1. The van der Waals surface area contributed by atoms with Crippen LogP contribution in [0.2, 0.25) is 0 Å². The molecule has 0 radical (unpaired) electrons. The molecule has 16 heteroatoms. The molecule has 2 amide bonds. The molecule has 3 N–H and O–H groups in total. The van der Waals surface area contributed by atoms with Crippen molar-refractivity contribution in [1.82, 2.24) is 9.88 Å². The maximum atomic E-state index is 15.2. The Morgan fingerprint density at radius 2 is 1.79 bits per heavy atom. The number of alkyl halides is 3. The van der Waals surface area contributed by atoms with Crippen molar-refractivity contribution in [2.45, 2.75) is 48.7 Å². The molecule has 2 fully saturated rings. The molecule has 1 heterocycles. The highest BCUT2D eigenvalue weighted by atomic mass is 32.2. The van der Waals surface area contributed by atoms with Crippen LogP contribution in [-0.2, 0) is 26.0 Å². The van der Waals surface area contributed by atoms with E-state index in [2.05, 4.69) is 10.6 Å². The van der Waals surface area contributed by atoms with Crippen LogP contribution < -0.4 is 20.9 Å². The van der Waals surface area contributed by atoms with Gasteiger partial charge in [-0.25, -0.2) is 12.8 Å². The van der Waals surface area contributed by atoms with Crippen molar-refractivity contribution in [2.75, 3.05) is 12.4 Å². The van der Waals surface area contributed by atoms with E-state index in [0.29, 0.717) is 19.3 Å². The van der Waals surface area contributed by atoms with E-state index >= 15 is 4.39 Å². The number of benzene rings is 2. The Labute approximate surface area is 265 Å². The smallest absolute Gasteiger partial charge is 0.496 e. The van der Waals surface area contributed by atoms with Crippen molar-refractivity contribution < 1.29 is 50.2 Å². The van der Waals surface area contributed by atoms with E-state index in [1.807, 2.05) is 0 Å². The number of aliphatic carboxylic acids is 1. The Morgan fingerprint density at radius 1 is 1.06 bits per heavy atom. The Kier molecular flexibility index (Phi) is 9.17. The van der Waals surface area contributed by atoms with Crippen LogP contribution >= 0.6 is 0 Å². The first kappa shape index (κ1) is 33.6. The van der Waals surface area contributed by atoms with Crippen LogP contribution in [0.25, 0.3) is 11.1 Å². The van der Waals surface area contributed by atoms with Gasteiger partial charge >= 0.3 is 11.5 Å². The Balaban J connectivity index is 1.39. The number of hydrogen-bond acceptors (Lipinski definition) is 7. The van der Waals surface area contributed by atoms with Gasteiger partial charge in [0, 0.05) is 42.2 Å². The minimum absolute atomic E-state index is 0.0917. The number of fused-ring (bicyclic) bond motifs is 2. The van der Waals surface area contributed by atoms with E-state index in [4.69, 9.17) is 9.84 Å². The zero-order valence-electron chi connectivity index (χ0n) is 24.7. The number of carboxylic acids is 1. The number of rotatable bonds is 10. The molecule has 47 heavy (non-hydrogen) atoms. The van der Waals surface area contributed by atoms with Crippen LogP contribution in [0.1, 0.15) is 36.0 Å². The van der Waals surface area contributed by atoms with E-state index in [1.165, 1.54) is 31.5 Å². The SMILES string of the molecule is COc1cc(F)c(-c2ccn(CCC(=O)O)c(=O)c2)cc1C(=O)NC1C2CCC(C2)C1C(=O)Nc1cccc(S(=O)(=O)C(F)(F)F)c1. The molecule has 11 nitrogen and oxygen atoms in total. The molecule has 2 bridgehead atoms. The highest BCUT2D eigenvalue weighted by molar-refractivity contribution is 7.92. The number of nitrogens with one attached hydrogen (secondary N) is 2. The summed E-state index contributed by atoms with van der Waals surface area (Å²) in [5.74, 6) is -4.40. The van der Waals surface area contributed by atoms with Crippen LogP contribution in [0, 0.1) is 23.6 Å². The lowest BCUT2D eigenvalue weighted by Gasteiger charge is -2.31. The standard InChI is InChI=1S/C31H29F4N3O8S/c1-46-24-15-23(32)21(16-7-9-38(25(39)12-16)10-8-26(40)41)14-22(24)29(42)37-28-18-6-5-17(11-18)27(28)30(43)36-19-3-2-4-20(13-19)47(44,45)31(33,34)35/h2-4,7,9,12-15,17-18,27-28H,5-6,8,10-11H2,1H3,(H,36,43)(H,37,42)(H,40,41). The number of sulfone groups is 1. The van der Waals surface area contributed by atoms with Crippen molar-refractivity contribution in [1.29, 1.82) is 0 Å². The van der Waals surface area contributed by atoms with Gasteiger partial charge in [0.05, 0.1) is 29.9 Å². The summed E-state index contributed by atoms with van der Waals surface area (Å²) in [6.45, 7) is -0.0937. The Morgan fingerprint density at radius 3 is 2.45 bits per heavy atom. The Hall–Kier alpha value is -4.73. The highest BCUT2D eigenvalue weighted by Gasteiger charge is 2.52. The van der Waals surface area contributed by atoms with Gasteiger partial charge in [-0.2, -0.15) is 13.2 Å². The molecule has 3 aromatic rings. The summed E-state index contributed by atoms with van der Waals surface area (Å²) in [6, 6.07) is 7.81. The summed E-state index contributed by atoms with van der Waals surface area (Å²) < 4.78 is 84.6. The second kappa shape index (κ2) is 12.8. The van der Waals surface area contributed by atoms with E-state index in [-0.39, 0.29) is 52.9 Å². The van der Waals surface area contributed by atoms with Crippen LogP contribution in [0.15, 0.2) is 64.4 Å². The lowest BCUT2D eigenvalue weighted by molar-refractivity contribution is -0.137. The van der Waals surface area contributed by atoms with Crippen LogP contribution in [0.3, 0.4) is 0 Å². The monoisotopic (exact) mass is 679 g/mol. The molecule has 0 saturated heterocycles. The van der Waals surface area contributed by atoms with Crippen molar-refractivity contribution >= 4 is 33.3 Å². The first-order valence-electron chi connectivity index (χ1n) is 14.4. The third-order valence-electron chi connectivity index (χ3n) is 8.64. The predicted molar refractivity (Wildman–Crippen MR) is 159 cm³/mol. The van der Waals surface area contributed by atoms with E-state index < -0.39 is 61.4 Å². The molecular weight excluding hydrogens is 650 g/mol. The van der Waals surface area contributed by atoms with Crippen LogP contribution in [0.4, 0.5) is 23.2 Å². The molecule has 250 valence electrons. The highest BCUT2D eigenvalue weighted by Crippen LogP contribution is 2.49. The molecule has 0 aliphatic heterocycles. The molecule has 5 rings (SSSR count). The number of amides is 2. The number of hydrogen-bond donors (Lipinski definition) is 3. The molecule has 2 aromatic carbocycles. The second-order valence-corrected chi connectivity index (χ2v) is 13.4. The van der Waals surface area contributed by atoms with Gasteiger partial charge in [-0.05, 0) is 67.0 Å². The zero-order chi connectivity index (χ0) is 34.3. The molecule has 0 spiro atoms. The molecule has 4 unspecified atom stereocenters. The summed E-state index contributed by atoms with van der Waals surface area (Å²) in [7, 11) is -4.42. The summed E-state index contributed by atoms with van der Waals surface area (Å²) in [5.41, 5.74) is -6.34. The minimum Gasteiger partial charge on any atom is -0.496 e. The molecular formula is C31H29F4N3O8S. The first-order valence-corrected chi connectivity index (χ1v) is 15.9. The van der Waals surface area contributed by atoms with E-state index in [0.717, 1.165) is 34.9 Å². The van der Waals surface area contributed by atoms with Gasteiger partial charge in [-0.1, -0.05) is 6.07 Å². The maximum absolute atomic E-state index is 15.2. The summed E-state index contributed by atoms with van der Waals surface area (Å²) >= 11 is 0. The van der Waals surface area contributed by atoms with Crippen LogP contribution in [-0.4, -0.2) is 54.5 Å². The molecule has 2 saturated carbocycles. The third kappa shape index (κ3) is 6.73. The van der Waals surface area contributed by atoms with Gasteiger partial charge in [0.15, 0.2) is 0 Å². The first-order chi connectivity index (χ1) is 22.1. The van der Waals surface area contributed by atoms with Gasteiger partial charge in [0.2, 0.25) is 5.91 Å². The zero-order valence-corrected chi connectivity index (χ0v) is 25.5. The fraction of sp³-hybridized carbons (Fsp3) is 0.355. The van der Waals surface area contributed by atoms with Gasteiger partial charge in [0.25, 0.3) is 21.3 Å². The number of aryl methyl sites for hydroxylation is 1. The average molecular weight is 680 g/mol. The van der Waals surface area contributed by atoms with E-state index in [1.54, 1.807) is 0 Å². The number of aromatic nitrogens is 1. The third-order valence-corrected chi connectivity index (χ3v) is 10.1. The van der Waals surface area contributed by atoms with Crippen molar-refractivity contribution in [3.8, 4) is 16.9 Å².